The van der Waals surface area contributed by atoms with Gasteiger partial charge in [0.2, 0.25) is 5.91 Å². The van der Waals surface area contributed by atoms with E-state index in [9.17, 15) is 9.59 Å². The second-order valence-electron chi connectivity index (χ2n) is 5.17. The molecule has 1 saturated heterocycles. The van der Waals surface area contributed by atoms with E-state index in [0.29, 0.717) is 23.6 Å². The van der Waals surface area contributed by atoms with Gasteiger partial charge in [0.25, 0.3) is 5.91 Å². The van der Waals surface area contributed by atoms with E-state index in [1.54, 1.807) is 24.3 Å². The van der Waals surface area contributed by atoms with Crippen LogP contribution < -0.4 is 5.32 Å². The van der Waals surface area contributed by atoms with Crippen LogP contribution in [-0.2, 0) is 4.79 Å². The number of carbonyl (C=O) groups excluding carboxylic acids is 2. The molecule has 1 fully saturated rings. The number of halogens is 1. The van der Waals surface area contributed by atoms with E-state index in [1.165, 1.54) is 0 Å². The van der Waals surface area contributed by atoms with E-state index in [0.717, 1.165) is 26.2 Å². The number of hydrogen-bond acceptors (Lipinski definition) is 3. The predicted molar refractivity (Wildman–Crippen MR) is 82.5 cm³/mol. The summed E-state index contributed by atoms with van der Waals surface area (Å²) in [6.45, 7) is 3.65. The summed E-state index contributed by atoms with van der Waals surface area (Å²) in [6.07, 6.45) is 0.319. The van der Waals surface area contributed by atoms with Gasteiger partial charge >= 0.3 is 0 Å². The van der Waals surface area contributed by atoms with Crippen molar-refractivity contribution >= 4 is 23.4 Å². The SMILES string of the molecule is CN1CCN(C(=O)CCNC(=O)c2ccccc2Cl)CC1. The molecule has 0 atom stereocenters. The molecule has 2 rings (SSSR count). The standard InChI is InChI=1S/C15H20ClN3O2/c1-18-8-10-19(11-9-18)14(20)6-7-17-15(21)12-4-2-3-5-13(12)16/h2-5H,6-11H2,1H3,(H,17,21). The fourth-order valence-corrected chi connectivity index (χ4v) is 2.46. The fraction of sp³-hybridized carbons (Fsp3) is 0.467. The molecule has 0 aliphatic carbocycles. The summed E-state index contributed by atoms with van der Waals surface area (Å²) >= 11 is 5.96. The highest BCUT2D eigenvalue weighted by molar-refractivity contribution is 6.33. The molecule has 1 heterocycles. The first-order chi connectivity index (χ1) is 10.1. The van der Waals surface area contributed by atoms with Crippen molar-refractivity contribution in [3.8, 4) is 0 Å². The van der Waals surface area contributed by atoms with Gasteiger partial charge in [0.15, 0.2) is 0 Å². The first-order valence-corrected chi connectivity index (χ1v) is 7.45. The van der Waals surface area contributed by atoms with Crippen molar-refractivity contribution in [2.75, 3.05) is 39.8 Å². The number of rotatable bonds is 4. The minimum atomic E-state index is -0.244. The highest BCUT2D eigenvalue weighted by atomic mass is 35.5. The number of likely N-dealkylation sites (N-methyl/N-ethyl adjacent to an activating group) is 1. The van der Waals surface area contributed by atoms with E-state index in [4.69, 9.17) is 11.6 Å². The van der Waals surface area contributed by atoms with Crippen LogP contribution in [0.25, 0.3) is 0 Å². The first-order valence-electron chi connectivity index (χ1n) is 7.07. The summed E-state index contributed by atoms with van der Waals surface area (Å²) in [4.78, 5) is 28.0. The van der Waals surface area contributed by atoms with E-state index < -0.39 is 0 Å². The molecule has 0 spiro atoms. The topological polar surface area (TPSA) is 52.6 Å². The molecule has 0 bridgehead atoms. The summed E-state index contributed by atoms with van der Waals surface area (Å²) in [5.74, 6) is -0.158. The lowest BCUT2D eigenvalue weighted by molar-refractivity contribution is -0.132. The number of carbonyl (C=O) groups is 2. The lowest BCUT2D eigenvalue weighted by Gasteiger charge is -2.32. The molecular weight excluding hydrogens is 290 g/mol. The normalized spacial score (nSPS) is 15.8. The van der Waals surface area contributed by atoms with Gasteiger partial charge in [-0.25, -0.2) is 0 Å². The largest absolute Gasteiger partial charge is 0.351 e. The second-order valence-corrected chi connectivity index (χ2v) is 5.58. The van der Waals surface area contributed by atoms with Gasteiger partial charge in [-0.1, -0.05) is 23.7 Å². The van der Waals surface area contributed by atoms with E-state index in [-0.39, 0.29) is 11.8 Å². The van der Waals surface area contributed by atoms with Crippen molar-refractivity contribution in [3.05, 3.63) is 34.9 Å². The Labute approximate surface area is 129 Å². The van der Waals surface area contributed by atoms with E-state index in [2.05, 4.69) is 10.2 Å². The van der Waals surface area contributed by atoms with Crippen LogP contribution in [0.4, 0.5) is 0 Å². The second kappa shape index (κ2) is 7.43. The van der Waals surface area contributed by atoms with Gasteiger partial charge < -0.3 is 15.1 Å². The maximum Gasteiger partial charge on any atom is 0.252 e. The summed E-state index contributed by atoms with van der Waals surface area (Å²) in [6, 6.07) is 6.87. The molecular formula is C15H20ClN3O2. The zero-order valence-electron chi connectivity index (χ0n) is 12.1. The molecule has 0 aromatic heterocycles. The summed E-state index contributed by atoms with van der Waals surface area (Å²) in [5, 5.41) is 3.15. The van der Waals surface area contributed by atoms with Crippen LogP contribution in [0.15, 0.2) is 24.3 Å². The van der Waals surface area contributed by atoms with Crippen molar-refractivity contribution in [3.63, 3.8) is 0 Å². The maximum absolute atomic E-state index is 12.0. The van der Waals surface area contributed by atoms with E-state index >= 15 is 0 Å². The third-order valence-corrected chi connectivity index (χ3v) is 3.93. The molecule has 0 radical (unpaired) electrons. The van der Waals surface area contributed by atoms with Crippen molar-refractivity contribution in [2.24, 2.45) is 0 Å². The van der Waals surface area contributed by atoms with Crippen molar-refractivity contribution < 1.29 is 9.59 Å². The molecule has 21 heavy (non-hydrogen) atoms. The Morgan fingerprint density at radius 1 is 1.19 bits per heavy atom. The summed E-state index contributed by atoms with van der Waals surface area (Å²) in [7, 11) is 2.05. The summed E-state index contributed by atoms with van der Waals surface area (Å²) < 4.78 is 0. The Balaban J connectivity index is 1.75. The lowest BCUT2D eigenvalue weighted by atomic mass is 10.2. The van der Waals surface area contributed by atoms with Crippen LogP contribution in [0.3, 0.4) is 0 Å². The minimum Gasteiger partial charge on any atom is -0.351 e. The molecule has 1 aliphatic rings. The van der Waals surface area contributed by atoms with Gasteiger partial charge in [-0.15, -0.1) is 0 Å². The Bertz CT molecular complexity index is 513. The predicted octanol–water partition coefficient (Wildman–Crippen LogP) is 1.23. The van der Waals surface area contributed by atoms with Gasteiger partial charge in [-0.05, 0) is 19.2 Å². The molecule has 114 valence electrons. The molecule has 1 aromatic carbocycles. The smallest absolute Gasteiger partial charge is 0.252 e. The monoisotopic (exact) mass is 309 g/mol. The van der Waals surface area contributed by atoms with Crippen LogP contribution in [0, 0.1) is 0 Å². The number of nitrogens with one attached hydrogen (secondary N) is 1. The van der Waals surface area contributed by atoms with Crippen molar-refractivity contribution in [1.82, 2.24) is 15.1 Å². The molecule has 0 saturated carbocycles. The van der Waals surface area contributed by atoms with Gasteiger partial charge in [0, 0.05) is 39.1 Å². The maximum atomic E-state index is 12.0. The minimum absolute atomic E-state index is 0.0857. The Kier molecular flexibility index (Phi) is 5.59. The van der Waals surface area contributed by atoms with Gasteiger partial charge in [-0.2, -0.15) is 0 Å². The highest BCUT2D eigenvalue weighted by Gasteiger charge is 2.18. The van der Waals surface area contributed by atoms with Crippen molar-refractivity contribution in [2.45, 2.75) is 6.42 Å². The van der Waals surface area contributed by atoms with Crippen LogP contribution >= 0.6 is 11.6 Å². The third-order valence-electron chi connectivity index (χ3n) is 3.60. The van der Waals surface area contributed by atoms with E-state index in [1.807, 2.05) is 11.9 Å². The van der Waals surface area contributed by atoms with Crippen LogP contribution in [-0.4, -0.2) is 61.4 Å². The Morgan fingerprint density at radius 3 is 2.52 bits per heavy atom. The number of benzene rings is 1. The summed E-state index contributed by atoms with van der Waals surface area (Å²) in [5.41, 5.74) is 0.436. The Morgan fingerprint density at radius 2 is 1.86 bits per heavy atom. The molecule has 6 heteroatoms. The van der Waals surface area contributed by atoms with Crippen LogP contribution in [0.2, 0.25) is 5.02 Å². The number of piperazine rings is 1. The van der Waals surface area contributed by atoms with Gasteiger partial charge in [-0.3, -0.25) is 9.59 Å². The molecule has 0 unspecified atom stereocenters. The quantitative estimate of drug-likeness (QED) is 0.910. The van der Waals surface area contributed by atoms with Crippen LogP contribution in [0.5, 0.6) is 0 Å². The highest BCUT2D eigenvalue weighted by Crippen LogP contribution is 2.14. The molecule has 1 N–H and O–H groups in total. The van der Waals surface area contributed by atoms with Gasteiger partial charge in [0.1, 0.15) is 0 Å². The van der Waals surface area contributed by atoms with Gasteiger partial charge in [0.05, 0.1) is 10.6 Å². The molecule has 5 nitrogen and oxygen atoms in total. The zero-order chi connectivity index (χ0) is 15.2. The molecule has 1 aromatic rings. The number of hydrogen-bond donors (Lipinski definition) is 1. The van der Waals surface area contributed by atoms with Crippen molar-refractivity contribution in [1.29, 1.82) is 0 Å². The van der Waals surface area contributed by atoms with Crippen LogP contribution in [0.1, 0.15) is 16.8 Å². The molecule has 1 aliphatic heterocycles. The first kappa shape index (κ1) is 15.8. The number of nitrogens with zero attached hydrogens (tertiary/aromatic N) is 2. The average Bonchev–Trinajstić information content (AvgIpc) is 2.48. The lowest BCUT2D eigenvalue weighted by Crippen LogP contribution is -2.47. The number of amides is 2. The fourth-order valence-electron chi connectivity index (χ4n) is 2.24. The third kappa shape index (κ3) is 4.44. The zero-order valence-corrected chi connectivity index (χ0v) is 12.9. The average molecular weight is 310 g/mol. The molecule has 2 amide bonds. The Hall–Kier alpha value is -1.59.